The largest absolute Gasteiger partial charge is 0.497 e. The van der Waals surface area contributed by atoms with Gasteiger partial charge in [0.25, 0.3) is 5.91 Å². The Balaban J connectivity index is 1.79. The lowest BCUT2D eigenvalue weighted by atomic mass is 10.1. The lowest BCUT2D eigenvalue weighted by Gasteiger charge is -2.22. The second-order valence-corrected chi connectivity index (χ2v) is 6.27. The van der Waals surface area contributed by atoms with Gasteiger partial charge >= 0.3 is 0 Å². The number of halogens is 1. The number of carbonyl (C=O) groups is 1. The summed E-state index contributed by atoms with van der Waals surface area (Å²) in [5, 5.41) is 3.33. The monoisotopic (exact) mass is 370 g/mol. The Kier molecular flexibility index (Phi) is 4.05. The highest BCUT2D eigenvalue weighted by Crippen LogP contribution is 2.32. The third-order valence-electron chi connectivity index (χ3n) is 4.32. The van der Waals surface area contributed by atoms with Crippen molar-refractivity contribution in [3.05, 3.63) is 63.4 Å². The van der Waals surface area contributed by atoms with Gasteiger partial charge in [-0.1, -0.05) is 11.6 Å². The fraction of sp³-hybridized carbons (Fsp3) is 0.158. The molecule has 0 saturated carbocycles. The highest BCUT2D eigenvalue weighted by atomic mass is 35.5. The van der Waals surface area contributed by atoms with Crippen molar-refractivity contribution in [2.24, 2.45) is 0 Å². The van der Waals surface area contributed by atoms with Crippen LogP contribution in [0, 0.1) is 0 Å². The summed E-state index contributed by atoms with van der Waals surface area (Å²) in [5.41, 5.74) is 0.806. The number of aromatic nitrogens is 1. The van der Waals surface area contributed by atoms with Gasteiger partial charge in [0.05, 0.1) is 29.6 Å². The molecule has 1 aliphatic heterocycles. The van der Waals surface area contributed by atoms with Gasteiger partial charge < -0.3 is 19.4 Å². The number of hydrogen-bond acceptors (Lipinski definition) is 4. The number of carbonyl (C=O) groups excluding carboxylic acids is 1. The molecule has 1 amide bonds. The Bertz CT molecular complexity index is 1070. The average Bonchev–Trinajstić information content (AvgIpc) is 2.66. The molecule has 1 N–H and O–H groups in total. The summed E-state index contributed by atoms with van der Waals surface area (Å²) in [5.74, 6) is 0.783. The summed E-state index contributed by atoms with van der Waals surface area (Å²) in [6, 6.07) is 10.2. The van der Waals surface area contributed by atoms with Crippen LogP contribution < -0.4 is 20.2 Å². The molecule has 0 unspecified atom stereocenters. The second kappa shape index (κ2) is 6.38. The molecule has 0 fully saturated rings. The number of benzene rings is 2. The molecule has 132 valence electrons. The lowest BCUT2D eigenvalue weighted by molar-refractivity contribution is 0.102. The molecule has 7 heteroatoms. The van der Waals surface area contributed by atoms with Crippen molar-refractivity contribution in [2.75, 3.05) is 19.0 Å². The number of ether oxygens (including phenoxy) is 2. The van der Waals surface area contributed by atoms with Crippen molar-refractivity contribution >= 4 is 34.1 Å². The molecular weight excluding hydrogens is 356 g/mol. The van der Waals surface area contributed by atoms with Crippen molar-refractivity contribution < 1.29 is 14.3 Å². The molecule has 1 aliphatic rings. The first kappa shape index (κ1) is 16.5. The zero-order valence-corrected chi connectivity index (χ0v) is 14.7. The number of hydrogen-bond donors (Lipinski definition) is 1. The minimum atomic E-state index is -0.487. The first-order chi connectivity index (χ1) is 12.6. The van der Waals surface area contributed by atoms with E-state index in [9.17, 15) is 9.59 Å². The Morgan fingerprint density at radius 2 is 2.00 bits per heavy atom. The van der Waals surface area contributed by atoms with Gasteiger partial charge in [-0.25, -0.2) is 0 Å². The number of nitrogens with zero attached hydrogens (tertiary/aromatic N) is 1. The molecule has 26 heavy (non-hydrogen) atoms. The molecule has 6 nitrogen and oxygen atoms in total. The van der Waals surface area contributed by atoms with Crippen LogP contribution in [0.1, 0.15) is 10.4 Å². The van der Waals surface area contributed by atoms with Crippen molar-refractivity contribution in [1.82, 2.24) is 4.57 Å². The van der Waals surface area contributed by atoms with E-state index in [0.717, 1.165) is 0 Å². The van der Waals surface area contributed by atoms with E-state index in [1.54, 1.807) is 49.7 Å². The third-order valence-corrected chi connectivity index (χ3v) is 4.63. The van der Waals surface area contributed by atoms with E-state index in [2.05, 4.69) is 5.32 Å². The zero-order chi connectivity index (χ0) is 18.3. The fourth-order valence-corrected chi connectivity index (χ4v) is 3.28. The van der Waals surface area contributed by atoms with Crippen molar-refractivity contribution in [3.63, 3.8) is 0 Å². The fourth-order valence-electron chi connectivity index (χ4n) is 3.04. The minimum absolute atomic E-state index is 0.0364. The Labute approximate surface area is 153 Å². The summed E-state index contributed by atoms with van der Waals surface area (Å²) < 4.78 is 12.5. The van der Waals surface area contributed by atoms with Gasteiger partial charge in [0.1, 0.15) is 23.7 Å². The molecule has 4 rings (SSSR count). The molecule has 0 saturated heterocycles. The second-order valence-electron chi connectivity index (χ2n) is 5.87. The van der Waals surface area contributed by atoms with Crippen molar-refractivity contribution in [2.45, 2.75) is 6.54 Å². The lowest BCUT2D eigenvalue weighted by Crippen LogP contribution is -2.26. The van der Waals surface area contributed by atoms with Crippen molar-refractivity contribution in [3.8, 4) is 11.5 Å². The van der Waals surface area contributed by atoms with Gasteiger partial charge in [0.15, 0.2) is 0 Å². The maximum absolute atomic E-state index is 12.9. The Hall–Kier alpha value is -2.99. The quantitative estimate of drug-likeness (QED) is 0.768. The van der Waals surface area contributed by atoms with Crippen LogP contribution in [0.2, 0.25) is 5.02 Å². The first-order valence-corrected chi connectivity index (χ1v) is 8.40. The minimum Gasteiger partial charge on any atom is -0.497 e. The van der Waals surface area contributed by atoms with Gasteiger partial charge in [-0.2, -0.15) is 0 Å². The van der Waals surface area contributed by atoms with E-state index >= 15 is 0 Å². The number of rotatable bonds is 3. The molecule has 0 atom stereocenters. The smallest absolute Gasteiger partial charge is 0.261 e. The number of anilines is 1. The summed E-state index contributed by atoms with van der Waals surface area (Å²) >= 11 is 6.24. The Morgan fingerprint density at radius 1 is 1.23 bits per heavy atom. The zero-order valence-electron chi connectivity index (χ0n) is 13.9. The van der Waals surface area contributed by atoms with E-state index in [-0.39, 0.29) is 5.56 Å². The first-order valence-electron chi connectivity index (χ1n) is 8.02. The van der Waals surface area contributed by atoms with Crippen molar-refractivity contribution in [1.29, 1.82) is 0 Å². The van der Waals surface area contributed by atoms with E-state index in [0.29, 0.717) is 46.3 Å². The third kappa shape index (κ3) is 2.68. The summed E-state index contributed by atoms with van der Waals surface area (Å²) in [6.07, 6.45) is 1.56. The number of methoxy groups -OCH3 is 1. The van der Waals surface area contributed by atoms with Gasteiger partial charge in [-0.15, -0.1) is 0 Å². The number of amides is 1. The average molecular weight is 371 g/mol. The molecular formula is C19H15ClN2O4. The summed E-state index contributed by atoms with van der Waals surface area (Å²) in [6.45, 7) is 0.999. The van der Waals surface area contributed by atoms with Crippen LogP contribution in [-0.2, 0) is 6.54 Å². The summed E-state index contributed by atoms with van der Waals surface area (Å²) in [7, 11) is 1.57. The molecule has 0 radical (unpaired) electrons. The summed E-state index contributed by atoms with van der Waals surface area (Å²) in [4.78, 5) is 25.6. The highest BCUT2D eigenvalue weighted by Gasteiger charge is 2.22. The predicted molar refractivity (Wildman–Crippen MR) is 99.7 cm³/mol. The number of nitrogens with one attached hydrogen (secondary N) is 1. The predicted octanol–water partition coefficient (Wildman–Crippen LogP) is 3.31. The number of pyridine rings is 1. The molecule has 1 aromatic heterocycles. The topological polar surface area (TPSA) is 69.6 Å². The van der Waals surface area contributed by atoms with E-state index in [4.69, 9.17) is 21.1 Å². The Morgan fingerprint density at radius 3 is 2.73 bits per heavy atom. The van der Waals surface area contributed by atoms with Crippen LogP contribution in [-0.4, -0.2) is 24.2 Å². The van der Waals surface area contributed by atoms with Crippen LogP contribution in [0.3, 0.4) is 0 Å². The highest BCUT2D eigenvalue weighted by molar-refractivity contribution is 6.35. The van der Waals surface area contributed by atoms with Gasteiger partial charge in [0, 0.05) is 11.9 Å². The van der Waals surface area contributed by atoms with Crippen LogP contribution in [0.5, 0.6) is 11.5 Å². The van der Waals surface area contributed by atoms with E-state index in [1.165, 1.54) is 0 Å². The van der Waals surface area contributed by atoms with Gasteiger partial charge in [-0.3, -0.25) is 9.59 Å². The normalized spacial score (nSPS) is 12.5. The SMILES string of the molecule is COc1ccc(NC(=O)c2cn3c4c(ccc(Cl)c4c2=O)OCC3)cc1. The van der Waals surface area contributed by atoms with Crippen LogP contribution >= 0.6 is 11.6 Å². The van der Waals surface area contributed by atoms with Gasteiger partial charge in [0.2, 0.25) is 5.43 Å². The van der Waals surface area contributed by atoms with E-state index < -0.39 is 11.3 Å². The molecule has 2 heterocycles. The molecule has 0 bridgehead atoms. The molecule has 3 aromatic rings. The molecule has 0 aliphatic carbocycles. The van der Waals surface area contributed by atoms with E-state index in [1.807, 2.05) is 4.57 Å². The maximum Gasteiger partial charge on any atom is 0.261 e. The van der Waals surface area contributed by atoms with Crippen LogP contribution in [0.25, 0.3) is 10.9 Å². The van der Waals surface area contributed by atoms with Crippen LogP contribution in [0.15, 0.2) is 47.4 Å². The standard InChI is InChI=1S/C19H15ClN2O4/c1-25-12-4-2-11(3-5-12)21-19(24)13-10-22-8-9-26-15-7-6-14(20)16(17(15)22)18(13)23/h2-7,10H,8-9H2,1H3,(H,21,24). The maximum atomic E-state index is 12.9. The van der Waals surface area contributed by atoms with Crippen LogP contribution in [0.4, 0.5) is 5.69 Å². The van der Waals surface area contributed by atoms with Gasteiger partial charge in [-0.05, 0) is 36.4 Å². The molecule has 2 aromatic carbocycles. The molecule has 0 spiro atoms.